The third-order valence-corrected chi connectivity index (χ3v) is 4.40. The summed E-state index contributed by atoms with van der Waals surface area (Å²) >= 11 is 0. The van der Waals surface area contributed by atoms with Gasteiger partial charge in [-0.3, -0.25) is 0 Å². The zero-order valence-electron chi connectivity index (χ0n) is 12.9. The Kier molecular flexibility index (Phi) is 3.94. The second kappa shape index (κ2) is 5.62. The maximum atomic E-state index is 10.3. The Morgan fingerprint density at radius 2 is 1.95 bits per heavy atom. The summed E-state index contributed by atoms with van der Waals surface area (Å²) in [6, 6.07) is 3.82. The number of aryl methyl sites for hydroxylation is 1. The van der Waals surface area contributed by atoms with Crippen molar-refractivity contribution in [2.75, 3.05) is 0 Å². The van der Waals surface area contributed by atoms with Crippen molar-refractivity contribution in [3.8, 4) is 0 Å². The molecule has 6 nitrogen and oxygen atoms in total. The highest BCUT2D eigenvalue weighted by molar-refractivity contribution is 5.79. The first-order valence-corrected chi connectivity index (χ1v) is 7.53. The summed E-state index contributed by atoms with van der Waals surface area (Å²) in [4.78, 5) is 4.34. The molecule has 6 heteroatoms. The van der Waals surface area contributed by atoms with Gasteiger partial charge in [-0.1, -0.05) is 13.8 Å². The predicted octanol–water partition coefficient (Wildman–Crippen LogP) is 0.981. The number of hydrogen-bond acceptors (Lipinski definition) is 5. The van der Waals surface area contributed by atoms with E-state index < -0.39 is 30.6 Å². The summed E-state index contributed by atoms with van der Waals surface area (Å²) in [7, 11) is 0. The topological polar surface area (TPSA) is 87.7 Å². The zero-order chi connectivity index (χ0) is 16.0. The Labute approximate surface area is 129 Å². The number of aliphatic hydroxyl groups is 3. The fourth-order valence-corrected chi connectivity index (χ4v) is 2.97. The molecule has 0 unspecified atom stereocenters. The van der Waals surface area contributed by atoms with E-state index in [1.54, 1.807) is 17.0 Å². The van der Waals surface area contributed by atoms with E-state index in [0.29, 0.717) is 5.65 Å². The van der Waals surface area contributed by atoms with Crippen LogP contribution in [0.1, 0.15) is 25.6 Å². The molecule has 0 saturated carbocycles. The van der Waals surface area contributed by atoms with Crippen LogP contribution in [0.3, 0.4) is 0 Å². The number of rotatable bonds is 3. The number of aromatic nitrogens is 2. The van der Waals surface area contributed by atoms with E-state index in [1.807, 2.05) is 32.9 Å². The molecule has 0 amide bonds. The number of hydrogen-bond donors (Lipinski definition) is 3. The second-order valence-corrected chi connectivity index (χ2v) is 6.30. The molecule has 3 rings (SSSR count). The normalized spacial score (nSPS) is 30.3. The van der Waals surface area contributed by atoms with E-state index >= 15 is 0 Å². The minimum absolute atomic E-state index is 0.0765. The molecule has 3 N–H and O–H groups in total. The van der Waals surface area contributed by atoms with Gasteiger partial charge in [-0.25, -0.2) is 4.98 Å². The van der Waals surface area contributed by atoms with Crippen molar-refractivity contribution in [3.63, 3.8) is 0 Å². The molecule has 0 bridgehead atoms. The predicted molar refractivity (Wildman–Crippen MR) is 81.2 cm³/mol. The number of fused-ring (bicyclic) bond motifs is 1. The monoisotopic (exact) mass is 306 g/mol. The minimum Gasteiger partial charge on any atom is -0.390 e. The molecule has 120 valence electrons. The molecule has 0 aliphatic carbocycles. The van der Waals surface area contributed by atoms with E-state index in [9.17, 15) is 15.3 Å². The van der Waals surface area contributed by atoms with Crippen molar-refractivity contribution in [2.24, 2.45) is 5.92 Å². The molecule has 3 heterocycles. The summed E-state index contributed by atoms with van der Waals surface area (Å²) in [5, 5.41) is 31.7. The van der Waals surface area contributed by atoms with Gasteiger partial charge in [0.15, 0.2) is 6.23 Å². The van der Waals surface area contributed by atoms with Crippen LogP contribution in [0, 0.1) is 12.8 Å². The highest BCUT2D eigenvalue weighted by atomic mass is 16.6. The van der Waals surface area contributed by atoms with Crippen LogP contribution >= 0.6 is 0 Å². The van der Waals surface area contributed by atoms with Crippen LogP contribution in [0.25, 0.3) is 11.0 Å². The summed E-state index contributed by atoms with van der Waals surface area (Å²) in [5.41, 5.74) is 1.77. The maximum Gasteiger partial charge on any atom is 0.164 e. The zero-order valence-corrected chi connectivity index (χ0v) is 12.9. The Balaban J connectivity index is 1.96. The fourth-order valence-electron chi connectivity index (χ4n) is 2.97. The lowest BCUT2D eigenvalue weighted by atomic mass is 9.97. The van der Waals surface area contributed by atoms with Gasteiger partial charge < -0.3 is 24.6 Å². The van der Waals surface area contributed by atoms with E-state index in [4.69, 9.17) is 4.74 Å². The smallest absolute Gasteiger partial charge is 0.164 e. The molecule has 1 aliphatic heterocycles. The van der Waals surface area contributed by atoms with Gasteiger partial charge in [-0.05, 0) is 30.5 Å². The highest BCUT2D eigenvalue weighted by Gasteiger charge is 2.47. The lowest BCUT2D eigenvalue weighted by Gasteiger charge is -2.23. The number of aliphatic hydroxyl groups excluding tert-OH is 3. The minimum atomic E-state index is -1.13. The van der Waals surface area contributed by atoms with Gasteiger partial charge in [0.2, 0.25) is 0 Å². The van der Waals surface area contributed by atoms with E-state index in [-0.39, 0.29) is 5.92 Å². The van der Waals surface area contributed by atoms with Crippen LogP contribution in [0.5, 0.6) is 0 Å². The highest BCUT2D eigenvalue weighted by Crippen LogP contribution is 2.35. The molecular weight excluding hydrogens is 284 g/mol. The van der Waals surface area contributed by atoms with E-state index in [2.05, 4.69) is 4.98 Å². The summed E-state index contributed by atoms with van der Waals surface area (Å²) in [6.07, 6.45) is -1.18. The van der Waals surface area contributed by atoms with Crippen molar-refractivity contribution in [2.45, 2.75) is 51.4 Å². The Morgan fingerprint density at radius 3 is 2.64 bits per heavy atom. The molecule has 22 heavy (non-hydrogen) atoms. The van der Waals surface area contributed by atoms with Crippen LogP contribution in [0.15, 0.2) is 24.5 Å². The lowest BCUT2D eigenvalue weighted by Crippen LogP contribution is -2.41. The van der Waals surface area contributed by atoms with Gasteiger partial charge in [0.05, 0.1) is 6.10 Å². The number of nitrogens with zero attached hydrogens (tertiary/aromatic N) is 2. The lowest BCUT2D eigenvalue weighted by molar-refractivity contribution is -0.0961. The quantitative estimate of drug-likeness (QED) is 0.787. The number of ether oxygens (including phenoxy) is 1. The van der Waals surface area contributed by atoms with Crippen LogP contribution in [-0.2, 0) is 4.74 Å². The van der Waals surface area contributed by atoms with Crippen molar-refractivity contribution >= 4 is 11.0 Å². The largest absolute Gasteiger partial charge is 0.390 e. The van der Waals surface area contributed by atoms with Crippen molar-refractivity contribution < 1.29 is 20.1 Å². The van der Waals surface area contributed by atoms with E-state index in [1.165, 1.54) is 0 Å². The van der Waals surface area contributed by atoms with Gasteiger partial charge in [0, 0.05) is 17.8 Å². The van der Waals surface area contributed by atoms with Crippen LogP contribution in [0.2, 0.25) is 0 Å². The Bertz CT molecular complexity index is 669. The summed E-state index contributed by atoms with van der Waals surface area (Å²) in [5.74, 6) is -0.0765. The molecule has 2 aromatic heterocycles. The third-order valence-electron chi connectivity index (χ3n) is 4.40. The third kappa shape index (κ3) is 2.32. The van der Waals surface area contributed by atoms with Crippen molar-refractivity contribution in [1.29, 1.82) is 0 Å². The van der Waals surface area contributed by atoms with E-state index in [0.717, 1.165) is 10.9 Å². The molecule has 0 radical (unpaired) electrons. The summed E-state index contributed by atoms with van der Waals surface area (Å²) in [6.45, 7) is 5.67. The second-order valence-electron chi connectivity index (χ2n) is 6.30. The molecule has 1 fully saturated rings. The average Bonchev–Trinajstić information content (AvgIpc) is 3.02. The first-order valence-electron chi connectivity index (χ1n) is 7.53. The SMILES string of the molecule is Cc1ccnc2c1ccn2[C@@H]1O[C@H]([C@H](O)C(C)C)[C@@H](O)[C@H]1O. The molecule has 1 saturated heterocycles. The fraction of sp³-hybridized carbons (Fsp3) is 0.562. The van der Waals surface area contributed by atoms with Gasteiger partial charge in [-0.15, -0.1) is 0 Å². The van der Waals surface area contributed by atoms with Crippen LogP contribution in [-0.4, -0.2) is 49.3 Å². The van der Waals surface area contributed by atoms with Crippen LogP contribution < -0.4 is 0 Å². The van der Waals surface area contributed by atoms with Gasteiger partial charge >= 0.3 is 0 Å². The molecule has 0 aromatic carbocycles. The van der Waals surface area contributed by atoms with Crippen molar-refractivity contribution in [3.05, 3.63) is 30.1 Å². The molecule has 1 aliphatic rings. The number of pyridine rings is 1. The molecule has 5 atom stereocenters. The standard InChI is InChI=1S/C16H22N2O4/c1-8(2)11(19)14-12(20)13(21)16(22-14)18-7-5-10-9(3)4-6-17-15(10)18/h4-8,11-14,16,19-21H,1-3H3/t11-,12+,13-,14-,16-/m1/s1. The van der Waals surface area contributed by atoms with Crippen LogP contribution in [0.4, 0.5) is 0 Å². The first kappa shape index (κ1) is 15.4. The molecule has 2 aromatic rings. The van der Waals surface area contributed by atoms with Crippen molar-refractivity contribution in [1.82, 2.24) is 9.55 Å². The maximum absolute atomic E-state index is 10.3. The van der Waals surface area contributed by atoms with Gasteiger partial charge in [0.25, 0.3) is 0 Å². The molecule has 0 spiro atoms. The average molecular weight is 306 g/mol. The first-order chi connectivity index (χ1) is 10.4. The van der Waals surface area contributed by atoms with Gasteiger partial charge in [-0.2, -0.15) is 0 Å². The Morgan fingerprint density at radius 1 is 1.23 bits per heavy atom. The van der Waals surface area contributed by atoms with Gasteiger partial charge in [0.1, 0.15) is 24.0 Å². The Hall–Kier alpha value is -1.47. The molecular formula is C16H22N2O4. The summed E-state index contributed by atoms with van der Waals surface area (Å²) < 4.78 is 7.49.